The Balaban J connectivity index is 1.63. The van der Waals surface area contributed by atoms with Crippen LogP contribution in [0.15, 0.2) is 52.9 Å². The second kappa shape index (κ2) is 7.62. The molecule has 0 bridgehead atoms. The van der Waals surface area contributed by atoms with Gasteiger partial charge in [0.15, 0.2) is 12.4 Å². The smallest absolute Gasteiger partial charge is 0.258 e. The van der Waals surface area contributed by atoms with E-state index in [0.29, 0.717) is 22.1 Å². The van der Waals surface area contributed by atoms with Crippen molar-refractivity contribution in [2.75, 3.05) is 6.61 Å². The average Bonchev–Trinajstić information content (AvgIpc) is 3.05. The molecule has 0 spiro atoms. The monoisotopic (exact) mass is 371 g/mol. The van der Waals surface area contributed by atoms with Gasteiger partial charge in [-0.3, -0.25) is 9.59 Å². The number of carbonyl (C=O) groups excluding carboxylic acids is 2. The number of hydrogen-bond acceptors (Lipinski definition) is 4. The number of furan rings is 1. The van der Waals surface area contributed by atoms with Gasteiger partial charge in [-0.25, -0.2) is 0 Å². The van der Waals surface area contributed by atoms with Crippen molar-refractivity contribution < 1.29 is 18.7 Å². The topological polar surface area (TPSA) is 68.5 Å². The highest BCUT2D eigenvalue weighted by Gasteiger charge is 2.16. The predicted octanol–water partition coefficient (Wildman–Crippen LogP) is 4.55. The van der Waals surface area contributed by atoms with Gasteiger partial charge < -0.3 is 14.5 Å². The second-order valence-corrected chi connectivity index (χ2v) is 6.40. The summed E-state index contributed by atoms with van der Waals surface area (Å²) in [4.78, 5) is 23.8. The van der Waals surface area contributed by atoms with E-state index in [-0.39, 0.29) is 24.3 Å². The lowest BCUT2D eigenvalue weighted by atomic mass is 10.1. The first-order valence-electron chi connectivity index (χ1n) is 8.15. The molecule has 3 rings (SSSR count). The summed E-state index contributed by atoms with van der Waals surface area (Å²) < 4.78 is 11.2. The molecule has 6 heteroatoms. The molecule has 0 aliphatic rings. The lowest BCUT2D eigenvalue weighted by Gasteiger charge is -2.13. The number of fused-ring (bicyclic) bond motifs is 1. The summed E-state index contributed by atoms with van der Waals surface area (Å²) in [5, 5.41) is 4.23. The molecule has 1 aromatic heterocycles. The zero-order chi connectivity index (χ0) is 18.7. The first-order chi connectivity index (χ1) is 12.4. The van der Waals surface area contributed by atoms with Crippen LogP contribution in [0.3, 0.4) is 0 Å². The molecule has 0 saturated heterocycles. The van der Waals surface area contributed by atoms with Crippen molar-refractivity contribution in [3.63, 3.8) is 0 Å². The molecule has 5 nitrogen and oxygen atoms in total. The Labute approximate surface area is 155 Å². The number of para-hydroxylation sites is 1. The second-order valence-electron chi connectivity index (χ2n) is 5.96. The maximum atomic E-state index is 12.2. The van der Waals surface area contributed by atoms with Crippen molar-refractivity contribution in [3.8, 4) is 5.75 Å². The molecule has 0 fully saturated rings. The number of ketones is 1. The van der Waals surface area contributed by atoms with Crippen LogP contribution in [0, 0.1) is 0 Å². The highest BCUT2D eigenvalue weighted by molar-refractivity contribution is 6.31. The SMILES string of the molecule is CC(=O)c1cc(Cl)ccc1OCC(=O)NC(C)c1cc2ccccc2o1. The van der Waals surface area contributed by atoms with Crippen molar-refractivity contribution in [3.05, 3.63) is 64.9 Å². The Morgan fingerprint density at radius 3 is 2.69 bits per heavy atom. The fourth-order valence-corrected chi connectivity index (χ4v) is 2.79. The number of Topliss-reactive ketones (excluding diaryl/α,β-unsaturated/α-hetero) is 1. The predicted molar refractivity (Wildman–Crippen MR) is 99.7 cm³/mol. The first-order valence-corrected chi connectivity index (χ1v) is 8.53. The van der Waals surface area contributed by atoms with Crippen molar-refractivity contribution in [1.82, 2.24) is 5.32 Å². The van der Waals surface area contributed by atoms with Gasteiger partial charge in [0.1, 0.15) is 17.1 Å². The fourth-order valence-electron chi connectivity index (χ4n) is 2.62. The number of hydrogen-bond donors (Lipinski definition) is 1. The van der Waals surface area contributed by atoms with Crippen LogP contribution in [-0.4, -0.2) is 18.3 Å². The molecule has 1 heterocycles. The number of amides is 1. The Kier molecular flexibility index (Phi) is 5.28. The van der Waals surface area contributed by atoms with Crippen LogP contribution < -0.4 is 10.1 Å². The molecule has 0 saturated carbocycles. The molecule has 1 unspecified atom stereocenters. The highest BCUT2D eigenvalue weighted by atomic mass is 35.5. The van der Waals surface area contributed by atoms with Gasteiger partial charge in [0.25, 0.3) is 5.91 Å². The molecule has 1 amide bonds. The highest BCUT2D eigenvalue weighted by Crippen LogP contribution is 2.25. The van der Waals surface area contributed by atoms with Crippen LogP contribution in [-0.2, 0) is 4.79 Å². The Morgan fingerprint density at radius 2 is 1.96 bits per heavy atom. The summed E-state index contributed by atoms with van der Waals surface area (Å²) in [6.45, 7) is 3.04. The number of halogens is 1. The number of benzene rings is 2. The molecule has 134 valence electrons. The molecule has 0 aliphatic carbocycles. The van der Waals surface area contributed by atoms with Crippen LogP contribution in [0.1, 0.15) is 36.0 Å². The van der Waals surface area contributed by atoms with Crippen LogP contribution in [0.5, 0.6) is 5.75 Å². The third-order valence-corrected chi connectivity index (χ3v) is 4.16. The summed E-state index contributed by atoms with van der Waals surface area (Å²) in [5.41, 5.74) is 1.11. The van der Waals surface area contributed by atoms with E-state index < -0.39 is 0 Å². The number of ether oxygens (including phenoxy) is 1. The summed E-state index contributed by atoms with van der Waals surface area (Å²) >= 11 is 5.90. The zero-order valence-electron chi connectivity index (χ0n) is 14.4. The quantitative estimate of drug-likeness (QED) is 0.645. The summed E-state index contributed by atoms with van der Waals surface area (Å²) in [6.07, 6.45) is 0. The molecule has 0 aliphatic heterocycles. The van der Waals surface area contributed by atoms with E-state index in [1.165, 1.54) is 13.0 Å². The minimum absolute atomic E-state index is 0.182. The van der Waals surface area contributed by atoms with E-state index in [4.69, 9.17) is 20.8 Å². The van der Waals surface area contributed by atoms with E-state index in [2.05, 4.69) is 5.32 Å². The van der Waals surface area contributed by atoms with E-state index in [1.54, 1.807) is 12.1 Å². The molecular weight excluding hydrogens is 354 g/mol. The number of carbonyl (C=O) groups is 2. The maximum absolute atomic E-state index is 12.2. The van der Waals surface area contributed by atoms with Crippen LogP contribution in [0.4, 0.5) is 0 Å². The van der Waals surface area contributed by atoms with Gasteiger partial charge in [-0.1, -0.05) is 29.8 Å². The van der Waals surface area contributed by atoms with Crippen LogP contribution >= 0.6 is 11.6 Å². The van der Waals surface area contributed by atoms with Gasteiger partial charge in [0.05, 0.1) is 11.6 Å². The van der Waals surface area contributed by atoms with Gasteiger partial charge >= 0.3 is 0 Å². The lowest BCUT2D eigenvalue weighted by molar-refractivity contribution is -0.123. The van der Waals surface area contributed by atoms with Crippen molar-refractivity contribution in [2.24, 2.45) is 0 Å². The minimum Gasteiger partial charge on any atom is -0.483 e. The third kappa shape index (κ3) is 4.06. The molecule has 1 atom stereocenters. The lowest BCUT2D eigenvalue weighted by Crippen LogP contribution is -2.31. The van der Waals surface area contributed by atoms with Gasteiger partial charge in [-0.2, -0.15) is 0 Å². The molecule has 3 aromatic rings. The Hall–Kier alpha value is -2.79. The first kappa shape index (κ1) is 18.0. The number of rotatable bonds is 6. The van der Waals surface area contributed by atoms with Gasteiger partial charge in [0.2, 0.25) is 0 Å². The summed E-state index contributed by atoms with van der Waals surface area (Å²) in [5.74, 6) is 0.491. The normalized spacial score (nSPS) is 12.0. The van der Waals surface area contributed by atoms with E-state index in [9.17, 15) is 9.59 Å². The molecular formula is C20H18ClNO4. The summed E-state index contributed by atoms with van der Waals surface area (Å²) in [6, 6.07) is 13.9. The Morgan fingerprint density at radius 1 is 1.19 bits per heavy atom. The minimum atomic E-state index is -0.317. The van der Waals surface area contributed by atoms with Gasteiger partial charge in [0, 0.05) is 10.4 Å². The molecule has 2 aromatic carbocycles. The van der Waals surface area contributed by atoms with Gasteiger partial charge in [-0.05, 0) is 44.2 Å². The fraction of sp³-hybridized carbons (Fsp3) is 0.200. The molecule has 1 N–H and O–H groups in total. The average molecular weight is 372 g/mol. The maximum Gasteiger partial charge on any atom is 0.258 e. The zero-order valence-corrected chi connectivity index (χ0v) is 15.2. The van der Waals surface area contributed by atoms with Crippen molar-refractivity contribution >= 4 is 34.3 Å². The third-order valence-electron chi connectivity index (χ3n) is 3.93. The Bertz CT molecular complexity index is 930. The summed E-state index contributed by atoms with van der Waals surface area (Å²) in [7, 11) is 0. The van der Waals surface area contributed by atoms with Gasteiger partial charge in [-0.15, -0.1) is 0 Å². The van der Waals surface area contributed by atoms with Crippen molar-refractivity contribution in [2.45, 2.75) is 19.9 Å². The van der Waals surface area contributed by atoms with Crippen molar-refractivity contribution in [1.29, 1.82) is 0 Å². The number of nitrogens with one attached hydrogen (secondary N) is 1. The van der Waals surface area contributed by atoms with E-state index >= 15 is 0 Å². The van der Waals surface area contributed by atoms with Crippen LogP contribution in [0.2, 0.25) is 5.02 Å². The van der Waals surface area contributed by atoms with E-state index in [1.807, 2.05) is 37.3 Å². The molecule has 26 heavy (non-hydrogen) atoms. The molecule has 0 radical (unpaired) electrons. The van der Waals surface area contributed by atoms with E-state index in [0.717, 1.165) is 11.0 Å². The largest absolute Gasteiger partial charge is 0.483 e. The van der Waals surface area contributed by atoms with Crippen LogP contribution in [0.25, 0.3) is 11.0 Å². The standard InChI is InChI=1S/C20H18ClNO4/c1-12(19-9-14-5-3-4-6-17(14)26-19)22-20(24)11-25-18-8-7-15(21)10-16(18)13(2)23/h3-10,12H,11H2,1-2H3,(H,22,24).